The van der Waals surface area contributed by atoms with Gasteiger partial charge in [-0.2, -0.15) is 0 Å². The average Bonchev–Trinajstić information content (AvgIpc) is 2.55. The van der Waals surface area contributed by atoms with Crippen LogP contribution in [0.25, 0.3) is 0 Å². The first-order chi connectivity index (χ1) is 8.87. The van der Waals surface area contributed by atoms with Gasteiger partial charge in [-0.15, -0.1) is 0 Å². The third-order valence-electron chi connectivity index (χ3n) is 4.08. The highest BCUT2D eigenvalue weighted by Crippen LogP contribution is 2.27. The van der Waals surface area contributed by atoms with E-state index >= 15 is 0 Å². The molecule has 0 aromatic rings. The molecule has 0 saturated heterocycles. The van der Waals surface area contributed by atoms with Gasteiger partial charge in [0.05, 0.1) is 0 Å². The lowest BCUT2D eigenvalue weighted by Crippen LogP contribution is -2.58. The molecule has 110 valence electrons. The Labute approximate surface area is 115 Å². The Morgan fingerprint density at radius 1 is 1.05 bits per heavy atom. The summed E-state index contributed by atoms with van der Waals surface area (Å²) in [5, 5.41) is 15.0. The number of amides is 2. The second kappa shape index (κ2) is 6.78. The van der Waals surface area contributed by atoms with Gasteiger partial charge in [-0.3, -0.25) is 0 Å². The van der Waals surface area contributed by atoms with Gasteiger partial charge in [-0.05, 0) is 25.7 Å². The fraction of sp³-hybridized carbons (Fsp3) is 0.857. The van der Waals surface area contributed by atoms with Crippen molar-refractivity contribution in [3.05, 3.63) is 0 Å². The maximum absolute atomic E-state index is 12.0. The molecule has 5 nitrogen and oxygen atoms in total. The van der Waals surface area contributed by atoms with Gasteiger partial charge in [0.1, 0.15) is 5.54 Å². The normalized spacial score (nSPS) is 20.4. The van der Waals surface area contributed by atoms with Crippen LogP contribution in [-0.2, 0) is 4.79 Å². The zero-order chi connectivity index (χ0) is 14.5. The summed E-state index contributed by atoms with van der Waals surface area (Å²) in [7, 11) is 0. The molecule has 2 amide bonds. The van der Waals surface area contributed by atoms with E-state index < -0.39 is 11.5 Å². The lowest BCUT2D eigenvalue weighted by Gasteiger charge is -2.30. The topological polar surface area (TPSA) is 78.4 Å². The van der Waals surface area contributed by atoms with Gasteiger partial charge in [0.25, 0.3) is 0 Å². The van der Waals surface area contributed by atoms with Gasteiger partial charge in [0.2, 0.25) is 0 Å². The summed E-state index contributed by atoms with van der Waals surface area (Å²) in [6, 6.07) is -0.345. The van der Waals surface area contributed by atoms with Crippen molar-refractivity contribution < 1.29 is 14.7 Å². The van der Waals surface area contributed by atoms with E-state index in [0.29, 0.717) is 18.8 Å². The summed E-state index contributed by atoms with van der Waals surface area (Å²) in [6.07, 6.45) is 4.83. The molecule has 0 aromatic carbocycles. The number of urea groups is 1. The van der Waals surface area contributed by atoms with Crippen LogP contribution in [0.2, 0.25) is 0 Å². The molecule has 1 fully saturated rings. The van der Waals surface area contributed by atoms with Crippen LogP contribution in [0.15, 0.2) is 0 Å². The Hall–Kier alpha value is -1.26. The lowest BCUT2D eigenvalue weighted by atomic mass is 9.90. The summed E-state index contributed by atoms with van der Waals surface area (Å²) >= 11 is 0. The van der Waals surface area contributed by atoms with Gasteiger partial charge in [0, 0.05) is 6.04 Å². The largest absolute Gasteiger partial charge is 0.480 e. The minimum atomic E-state index is -1.09. The van der Waals surface area contributed by atoms with Gasteiger partial charge in [-0.25, -0.2) is 9.59 Å². The zero-order valence-electron chi connectivity index (χ0n) is 12.2. The van der Waals surface area contributed by atoms with E-state index in [1.807, 2.05) is 20.8 Å². The second-order valence-corrected chi connectivity index (χ2v) is 5.93. The maximum Gasteiger partial charge on any atom is 0.329 e. The summed E-state index contributed by atoms with van der Waals surface area (Å²) < 4.78 is 0. The van der Waals surface area contributed by atoms with Crippen molar-refractivity contribution in [3.8, 4) is 0 Å². The Balaban J connectivity index is 2.67. The molecule has 0 heterocycles. The SMILES string of the molecule is CC(C)C(C)NC(=O)NC1(C(=O)O)CCCCCC1. The van der Waals surface area contributed by atoms with Gasteiger partial charge in [0.15, 0.2) is 0 Å². The Morgan fingerprint density at radius 2 is 1.58 bits per heavy atom. The molecule has 0 aromatic heterocycles. The first-order valence-corrected chi connectivity index (χ1v) is 7.19. The standard InChI is InChI=1S/C14H26N2O3/c1-10(2)11(3)15-13(19)16-14(12(17)18)8-6-4-5-7-9-14/h10-11H,4-9H2,1-3H3,(H,17,18)(H2,15,16,19). The monoisotopic (exact) mass is 270 g/mol. The summed E-state index contributed by atoms with van der Waals surface area (Å²) in [4.78, 5) is 23.5. The summed E-state index contributed by atoms with van der Waals surface area (Å²) in [5.41, 5.74) is -1.09. The van der Waals surface area contributed by atoms with E-state index in [0.717, 1.165) is 25.7 Å². The molecule has 0 spiro atoms. The van der Waals surface area contributed by atoms with E-state index in [2.05, 4.69) is 10.6 Å². The molecule has 3 N–H and O–H groups in total. The number of aliphatic carboxylic acids is 1. The number of hydrogen-bond donors (Lipinski definition) is 3. The fourth-order valence-corrected chi connectivity index (χ4v) is 2.35. The van der Waals surface area contributed by atoms with Gasteiger partial charge < -0.3 is 15.7 Å². The molecule has 0 bridgehead atoms. The molecular weight excluding hydrogens is 244 g/mol. The van der Waals surface area contributed by atoms with Crippen LogP contribution in [0.4, 0.5) is 4.79 Å². The molecule has 0 aliphatic heterocycles. The fourth-order valence-electron chi connectivity index (χ4n) is 2.35. The Morgan fingerprint density at radius 3 is 2.00 bits per heavy atom. The van der Waals surface area contributed by atoms with E-state index in [4.69, 9.17) is 0 Å². The van der Waals surface area contributed by atoms with Crippen LogP contribution < -0.4 is 10.6 Å². The van der Waals surface area contributed by atoms with Crippen LogP contribution in [0, 0.1) is 5.92 Å². The zero-order valence-corrected chi connectivity index (χ0v) is 12.2. The van der Waals surface area contributed by atoms with Crippen LogP contribution in [0.5, 0.6) is 0 Å². The summed E-state index contributed by atoms with van der Waals surface area (Å²) in [6.45, 7) is 5.96. The number of carbonyl (C=O) groups is 2. The van der Waals surface area contributed by atoms with Crippen molar-refractivity contribution in [3.63, 3.8) is 0 Å². The molecule has 1 aliphatic rings. The van der Waals surface area contributed by atoms with Crippen molar-refractivity contribution in [2.45, 2.75) is 70.9 Å². The Kier molecular flexibility index (Phi) is 5.63. The number of hydrogen-bond acceptors (Lipinski definition) is 2. The second-order valence-electron chi connectivity index (χ2n) is 5.93. The van der Waals surface area contributed by atoms with Crippen LogP contribution in [0.3, 0.4) is 0 Å². The third kappa shape index (κ3) is 4.40. The number of nitrogens with one attached hydrogen (secondary N) is 2. The molecule has 1 aliphatic carbocycles. The average molecular weight is 270 g/mol. The smallest absolute Gasteiger partial charge is 0.329 e. The number of carboxylic acid groups (broad SMARTS) is 1. The molecule has 1 rings (SSSR count). The van der Waals surface area contributed by atoms with E-state index in [-0.39, 0.29) is 12.1 Å². The first-order valence-electron chi connectivity index (χ1n) is 7.19. The van der Waals surface area contributed by atoms with Crippen molar-refractivity contribution in [2.75, 3.05) is 0 Å². The van der Waals surface area contributed by atoms with Crippen molar-refractivity contribution in [1.29, 1.82) is 0 Å². The molecule has 1 saturated carbocycles. The molecule has 19 heavy (non-hydrogen) atoms. The quantitative estimate of drug-likeness (QED) is 0.687. The van der Waals surface area contributed by atoms with Crippen molar-refractivity contribution in [2.24, 2.45) is 5.92 Å². The van der Waals surface area contributed by atoms with Gasteiger partial charge >= 0.3 is 12.0 Å². The van der Waals surface area contributed by atoms with Crippen molar-refractivity contribution >= 4 is 12.0 Å². The molecule has 5 heteroatoms. The van der Waals surface area contributed by atoms with Gasteiger partial charge in [-0.1, -0.05) is 39.5 Å². The minimum Gasteiger partial charge on any atom is -0.480 e. The molecule has 1 atom stereocenters. The predicted octanol–water partition coefficient (Wildman–Crippen LogP) is 2.51. The third-order valence-corrected chi connectivity index (χ3v) is 4.08. The number of carbonyl (C=O) groups excluding carboxylic acids is 1. The van der Waals surface area contributed by atoms with Crippen LogP contribution in [0.1, 0.15) is 59.3 Å². The molecule has 1 unspecified atom stereocenters. The highest BCUT2D eigenvalue weighted by atomic mass is 16.4. The highest BCUT2D eigenvalue weighted by molar-refractivity contribution is 5.86. The summed E-state index contributed by atoms with van der Waals surface area (Å²) in [5.74, 6) is -0.595. The van der Waals surface area contributed by atoms with Crippen LogP contribution >= 0.6 is 0 Å². The van der Waals surface area contributed by atoms with E-state index in [9.17, 15) is 14.7 Å². The molecule has 0 radical (unpaired) electrons. The number of carboxylic acids is 1. The Bertz CT molecular complexity index is 321. The van der Waals surface area contributed by atoms with E-state index in [1.54, 1.807) is 0 Å². The van der Waals surface area contributed by atoms with Crippen LogP contribution in [-0.4, -0.2) is 28.7 Å². The maximum atomic E-state index is 12.0. The number of rotatable bonds is 4. The lowest BCUT2D eigenvalue weighted by molar-refractivity contribution is -0.145. The van der Waals surface area contributed by atoms with E-state index in [1.165, 1.54) is 0 Å². The molecular formula is C14H26N2O3. The predicted molar refractivity (Wildman–Crippen MR) is 74.0 cm³/mol. The first kappa shape index (κ1) is 15.8. The highest BCUT2D eigenvalue weighted by Gasteiger charge is 2.40. The minimum absolute atomic E-state index is 0.0247. The van der Waals surface area contributed by atoms with Crippen molar-refractivity contribution in [1.82, 2.24) is 10.6 Å².